The van der Waals surface area contributed by atoms with Gasteiger partial charge in [-0.1, -0.05) is 0 Å². The first-order valence-electron chi connectivity index (χ1n) is 7.46. The van der Waals surface area contributed by atoms with Crippen molar-refractivity contribution in [1.82, 2.24) is 15.0 Å². The van der Waals surface area contributed by atoms with Crippen molar-refractivity contribution in [2.45, 2.75) is 12.8 Å². The van der Waals surface area contributed by atoms with E-state index in [1.165, 1.54) is 6.20 Å². The molecule has 0 atom stereocenters. The molecule has 1 aliphatic heterocycles. The van der Waals surface area contributed by atoms with Gasteiger partial charge in [0.2, 0.25) is 11.9 Å². The number of hydrogen-bond donors (Lipinski definition) is 4. The Kier molecular flexibility index (Phi) is 6.05. The lowest BCUT2D eigenvalue weighted by Crippen LogP contribution is -2.20. The van der Waals surface area contributed by atoms with Gasteiger partial charge in [-0.05, 0) is 6.07 Å². The summed E-state index contributed by atoms with van der Waals surface area (Å²) < 4.78 is 0. The van der Waals surface area contributed by atoms with Crippen molar-refractivity contribution >= 4 is 41.3 Å². The third kappa shape index (κ3) is 4.32. The molecule has 0 aliphatic carbocycles. The van der Waals surface area contributed by atoms with Crippen LogP contribution in [0.15, 0.2) is 18.5 Å². The number of nitriles is 1. The van der Waals surface area contributed by atoms with E-state index in [1.807, 2.05) is 6.07 Å². The standard InChI is InChI=1S/C15H16N8O.ClH/c16-3-4-18-11-5-9(7-19-12(11)6-17)21-15-20-8-13-10(23-15)1-2-14(24)22-13;/h5,7-8,18H,1-4,16H2,(H,22,24)(H,20,21,23);1H. The lowest BCUT2D eigenvalue weighted by atomic mass is 10.1. The van der Waals surface area contributed by atoms with Gasteiger partial charge in [0.25, 0.3) is 0 Å². The second-order valence-electron chi connectivity index (χ2n) is 5.17. The summed E-state index contributed by atoms with van der Waals surface area (Å²) in [4.78, 5) is 24.1. The van der Waals surface area contributed by atoms with Crippen molar-refractivity contribution in [3.63, 3.8) is 0 Å². The lowest BCUT2D eigenvalue weighted by Gasteiger charge is -2.16. The Morgan fingerprint density at radius 1 is 1.32 bits per heavy atom. The highest BCUT2D eigenvalue weighted by Crippen LogP contribution is 2.23. The molecule has 3 heterocycles. The van der Waals surface area contributed by atoms with E-state index in [0.29, 0.717) is 54.6 Å². The zero-order chi connectivity index (χ0) is 16.9. The zero-order valence-electron chi connectivity index (χ0n) is 13.2. The Hall–Kier alpha value is -2.96. The van der Waals surface area contributed by atoms with Crippen molar-refractivity contribution < 1.29 is 4.79 Å². The molecule has 0 radical (unpaired) electrons. The largest absolute Gasteiger partial charge is 0.381 e. The van der Waals surface area contributed by atoms with Crippen molar-refractivity contribution in [2.24, 2.45) is 5.73 Å². The Balaban J connectivity index is 0.00000225. The van der Waals surface area contributed by atoms with E-state index in [0.717, 1.165) is 5.69 Å². The van der Waals surface area contributed by atoms with Gasteiger partial charge in [-0.3, -0.25) is 4.79 Å². The number of carbonyl (C=O) groups excluding carboxylic acids is 1. The predicted octanol–water partition coefficient (Wildman–Crippen LogP) is 1.16. The first-order chi connectivity index (χ1) is 11.7. The molecule has 1 amide bonds. The molecule has 5 N–H and O–H groups in total. The normalized spacial score (nSPS) is 12.2. The minimum absolute atomic E-state index is 0. The average Bonchev–Trinajstić information content (AvgIpc) is 2.60. The van der Waals surface area contributed by atoms with Crippen LogP contribution in [0.3, 0.4) is 0 Å². The predicted molar refractivity (Wildman–Crippen MR) is 96.0 cm³/mol. The highest BCUT2D eigenvalue weighted by atomic mass is 35.5. The first kappa shape index (κ1) is 18.4. The van der Waals surface area contributed by atoms with Crippen LogP contribution in [-0.4, -0.2) is 33.9 Å². The van der Waals surface area contributed by atoms with Gasteiger partial charge in [-0.2, -0.15) is 5.26 Å². The molecule has 25 heavy (non-hydrogen) atoms. The third-order valence-corrected chi connectivity index (χ3v) is 3.44. The molecular weight excluding hydrogens is 344 g/mol. The van der Waals surface area contributed by atoms with E-state index in [-0.39, 0.29) is 18.3 Å². The molecule has 0 unspecified atom stereocenters. The summed E-state index contributed by atoms with van der Waals surface area (Å²) in [5, 5.41) is 17.9. The third-order valence-electron chi connectivity index (χ3n) is 3.44. The summed E-state index contributed by atoms with van der Waals surface area (Å²) in [7, 11) is 0. The molecule has 0 saturated carbocycles. The van der Waals surface area contributed by atoms with Gasteiger partial charge >= 0.3 is 0 Å². The van der Waals surface area contributed by atoms with E-state index < -0.39 is 0 Å². The number of fused-ring (bicyclic) bond motifs is 1. The summed E-state index contributed by atoms with van der Waals surface area (Å²) in [5.41, 5.74) is 8.44. The Morgan fingerprint density at radius 2 is 2.16 bits per heavy atom. The molecule has 0 saturated heterocycles. The van der Waals surface area contributed by atoms with Crippen LogP contribution in [0.5, 0.6) is 0 Å². The van der Waals surface area contributed by atoms with Crippen molar-refractivity contribution in [3.05, 3.63) is 29.8 Å². The topological polar surface area (TPSA) is 142 Å². The number of hydrogen-bond acceptors (Lipinski definition) is 8. The van der Waals surface area contributed by atoms with Gasteiger partial charge < -0.3 is 21.7 Å². The molecule has 9 nitrogen and oxygen atoms in total. The molecule has 0 bridgehead atoms. The quantitative estimate of drug-likeness (QED) is 0.622. The second kappa shape index (κ2) is 8.23. The van der Waals surface area contributed by atoms with E-state index in [2.05, 4.69) is 30.9 Å². The number of aryl methyl sites for hydroxylation is 1. The van der Waals surface area contributed by atoms with E-state index in [9.17, 15) is 4.79 Å². The highest BCUT2D eigenvalue weighted by molar-refractivity contribution is 5.93. The average molecular weight is 361 g/mol. The maximum absolute atomic E-state index is 11.4. The molecule has 1 aliphatic rings. The molecule has 0 fully saturated rings. The van der Waals surface area contributed by atoms with Crippen LogP contribution in [-0.2, 0) is 11.2 Å². The fourth-order valence-electron chi connectivity index (χ4n) is 2.31. The highest BCUT2D eigenvalue weighted by Gasteiger charge is 2.17. The minimum atomic E-state index is -0.0290. The fraction of sp³-hybridized carbons (Fsp3) is 0.267. The van der Waals surface area contributed by atoms with Crippen LogP contribution in [0.1, 0.15) is 17.8 Å². The molecule has 3 rings (SSSR count). The van der Waals surface area contributed by atoms with Crippen molar-refractivity contribution in [2.75, 3.05) is 29.0 Å². The van der Waals surface area contributed by atoms with Crippen molar-refractivity contribution in [3.8, 4) is 6.07 Å². The molecule has 10 heteroatoms. The molecular formula is C15H17ClN8O. The SMILES string of the molecule is Cl.N#Cc1ncc(Nc2ncc3c(n2)CCC(=O)N3)cc1NCCN. The van der Waals surface area contributed by atoms with Crippen LogP contribution >= 0.6 is 12.4 Å². The number of rotatable bonds is 5. The zero-order valence-corrected chi connectivity index (χ0v) is 14.1. The Labute approximate surface area is 150 Å². The number of carbonyl (C=O) groups is 1. The number of nitrogens with one attached hydrogen (secondary N) is 3. The number of amides is 1. The fourth-order valence-corrected chi connectivity index (χ4v) is 2.31. The van der Waals surface area contributed by atoms with Crippen LogP contribution in [0, 0.1) is 11.3 Å². The molecule has 2 aromatic rings. The number of nitrogens with zero attached hydrogens (tertiary/aromatic N) is 4. The first-order valence-corrected chi connectivity index (χ1v) is 7.46. The van der Waals surface area contributed by atoms with Gasteiger partial charge in [-0.15, -0.1) is 12.4 Å². The second-order valence-corrected chi connectivity index (χ2v) is 5.17. The van der Waals surface area contributed by atoms with Crippen LogP contribution in [0.4, 0.5) is 23.0 Å². The van der Waals surface area contributed by atoms with E-state index in [1.54, 1.807) is 12.3 Å². The molecule has 2 aromatic heterocycles. The molecule has 130 valence electrons. The minimum Gasteiger partial charge on any atom is -0.381 e. The van der Waals surface area contributed by atoms with Crippen LogP contribution in [0.25, 0.3) is 0 Å². The van der Waals surface area contributed by atoms with Crippen molar-refractivity contribution in [1.29, 1.82) is 5.26 Å². The summed E-state index contributed by atoms with van der Waals surface area (Å²) in [6.07, 6.45) is 4.10. The van der Waals surface area contributed by atoms with Crippen LogP contribution < -0.4 is 21.7 Å². The van der Waals surface area contributed by atoms with E-state index >= 15 is 0 Å². The summed E-state index contributed by atoms with van der Waals surface area (Å²) in [6, 6.07) is 3.78. The maximum atomic E-state index is 11.4. The monoisotopic (exact) mass is 360 g/mol. The summed E-state index contributed by atoms with van der Waals surface area (Å²) >= 11 is 0. The smallest absolute Gasteiger partial charge is 0.227 e. The Bertz CT molecular complexity index is 820. The number of anilines is 4. The van der Waals surface area contributed by atoms with Gasteiger partial charge in [0.05, 0.1) is 35.1 Å². The summed E-state index contributed by atoms with van der Waals surface area (Å²) in [6.45, 7) is 0.983. The number of pyridine rings is 1. The van der Waals surface area contributed by atoms with Crippen LogP contribution in [0.2, 0.25) is 0 Å². The van der Waals surface area contributed by atoms with E-state index in [4.69, 9.17) is 11.0 Å². The van der Waals surface area contributed by atoms with Gasteiger partial charge in [-0.25, -0.2) is 15.0 Å². The summed E-state index contributed by atoms with van der Waals surface area (Å²) in [5.74, 6) is 0.375. The van der Waals surface area contributed by atoms with Gasteiger partial charge in [0, 0.05) is 25.9 Å². The number of nitrogens with two attached hydrogens (primary N) is 1. The number of halogens is 1. The number of aromatic nitrogens is 3. The lowest BCUT2D eigenvalue weighted by molar-refractivity contribution is -0.116. The van der Waals surface area contributed by atoms with Gasteiger partial charge in [0.15, 0.2) is 5.69 Å². The Morgan fingerprint density at radius 3 is 2.92 bits per heavy atom. The maximum Gasteiger partial charge on any atom is 0.227 e. The van der Waals surface area contributed by atoms with Gasteiger partial charge in [0.1, 0.15) is 6.07 Å². The molecule has 0 spiro atoms. The molecule has 0 aromatic carbocycles.